The highest BCUT2D eigenvalue weighted by Gasteiger charge is 2.03. The monoisotopic (exact) mass is 279 g/mol. The highest BCUT2D eigenvalue weighted by Crippen LogP contribution is 2.23. The number of hydrogen-bond acceptors (Lipinski definition) is 4. The fraction of sp³-hybridized carbons (Fsp3) is 0.0769. The van der Waals surface area contributed by atoms with Crippen LogP contribution >= 0.6 is 11.6 Å². The van der Waals surface area contributed by atoms with Crippen molar-refractivity contribution in [2.45, 2.75) is 0 Å². The van der Waals surface area contributed by atoms with Gasteiger partial charge in [0.05, 0.1) is 0 Å². The van der Waals surface area contributed by atoms with Crippen LogP contribution < -0.4 is 0 Å². The van der Waals surface area contributed by atoms with Gasteiger partial charge in [-0.05, 0) is 36.4 Å². The van der Waals surface area contributed by atoms with Crippen LogP contribution in [-0.2, 0) is 9.63 Å². The second-order valence-electron chi connectivity index (χ2n) is 3.61. The van der Waals surface area contributed by atoms with Crippen LogP contribution in [0.25, 0.3) is 11.3 Å². The minimum atomic E-state index is -1.08. The van der Waals surface area contributed by atoms with Gasteiger partial charge in [-0.3, -0.25) is 0 Å². The van der Waals surface area contributed by atoms with Gasteiger partial charge >= 0.3 is 5.97 Å². The largest absolute Gasteiger partial charge is 0.479 e. The number of carboxylic acid groups (broad SMARTS) is 1. The van der Waals surface area contributed by atoms with Gasteiger partial charge in [0.1, 0.15) is 17.7 Å². The third-order valence-corrected chi connectivity index (χ3v) is 2.45. The van der Waals surface area contributed by atoms with Crippen molar-refractivity contribution in [1.29, 1.82) is 0 Å². The van der Waals surface area contributed by atoms with Gasteiger partial charge in [0.15, 0.2) is 0 Å². The summed E-state index contributed by atoms with van der Waals surface area (Å²) >= 11 is 5.80. The average Bonchev–Trinajstić information content (AvgIpc) is 2.84. The number of benzene rings is 1. The van der Waals surface area contributed by atoms with Crippen LogP contribution in [0, 0.1) is 0 Å². The third-order valence-electron chi connectivity index (χ3n) is 2.20. The fourth-order valence-electron chi connectivity index (χ4n) is 1.37. The molecule has 2 aromatic rings. The van der Waals surface area contributed by atoms with E-state index in [0.717, 1.165) is 5.56 Å². The zero-order valence-electron chi connectivity index (χ0n) is 9.75. The maximum atomic E-state index is 10.2. The van der Waals surface area contributed by atoms with E-state index >= 15 is 0 Å². The van der Waals surface area contributed by atoms with Crippen molar-refractivity contribution in [3.63, 3.8) is 0 Å². The molecule has 1 aromatic heterocycles. The smallest absolute Gasteiger partial charge is 0.344 e. The molecular weight excluding hydrogens is 270 g/mol. The molecule has 5 nitrogen and oxygen atoms in total. The predicted molar refractivity (Wildman–Crippen MR) is 70.3 cm³/mol. The van der Waals surface area contributed by atoms with Gasteiger partial charge in [0, 0.05) is 10.6 Å². The van der Waals surface area contributed by atoms with Crippen molar-refractivity contribution >= 4 is 23.8 Å². The van der Waals surface area contributed by atoms with E-state index in [0.29, 0.717) is 16.5 Å². The first kappa shape index (κ1) is 13.2. The Morgan fingerprint density at radius 3 is 2.74 bits per heavy atom. The number of furan rings is 1. The minimum absolute atomic E-state index is 0.468. The van der Waals surface area contributed by atoms with Crippen molar-refractivity contribution in [3.05, 3.63) is 47.2 Å². The molecule has 0 spiro atoms. The lowest BCUT2D eigenvalue weighted by atomic mass is 10.2. The zero-order valence-corrected chi connectivity index (χ0v) is 10.5. The lowest BCUT2D eigenvalue weighted by molar-refractivity contribution is -0.142. The second kappa shape index (κ2) is 6.06. The molecule has 1 N–H and O–H groups in total. The number of carbonyl (C=O) groups is 1. The molecule has 0 amide bonds. The summed E-state index contributed by atoms with van der Waals surface area (Å²) in [6.07, 6.45) is 1.31. The summed E-state index contributed by atoms with van der Waals surface area (Å²) < 4.78 is 5.50. The predicted octanol–water partition coefficient (Wildman–Crippen LogP) is 3.04. The van der Waals surface area contributed by atoms with E-state index < -0.39 is 12.6 Å². The molecule has 1 aromatic carbocycles. The zero-order chi connectivity index (χ0) is 13.7. The summed E-state index contributed by atoms with van der Waals surface area (Å²) in [5.41, 5.74) is 0.885. The Hall–Kier alpha value is -2.27. The summed E-state index contributed by atoms with van der Waals surface area (Å²) in [4.78, 5) is 14.7. The Morgan fingerprint density at radius 2 is 2.05 bits per heavy atom. The molecule has 0 aliphatic rings. The van der Waals surface area contributed by atoms with Crippen LogP contribution in [0.5, 0.6) is 0 Å². The SMILES string of the molecule is O=C(O)CO/N=C/c1ccc(-c2ccc(Cl)cc2)o1. The van der Waals surface area contributed by atoms with Gasteiger partial charge < -0.3 is 14.4 Å². The molecule has 0 unspecified atom stereocenters. The first-order valence-corrected chi connectivity index (χ1v) is 5.76. The summed E-state index contributed by atoms with van der Waals surface area (Å²) in [5.74, 6) is 0.0464. The fourth-order valence-corrected chi connectivity index (χ4v) is 1.50. The van der Waals surface area contributed by atoms with Gasteiger partial charge in [-0.25, -0.2) is 4.79 Å². The van der Waals surface area contributed by atoms with E-state index in [2.05, 4.69) is 9.99 Å². The number of aliphatic carboxylic acids is 1. The number of rotatable bonds is 5. The van der Waals surface area contributed by atoms with E-state index in [4.69, 9.17) is 21.1 Å². The molecule has 1 heterocycles. The maximum absolute atomic E-state index is 10.2. The van der Waals surface area contributed by atoms with Gasteiger partial charge in [0.2, 0.25) is 6.61 Å². The molecule has 0 aliphatic carbocycles. The Labute approximate surface area is 114 Å². The Morgan fingerprint density at radius 1 is 1.32 bits per heavy atom. The highest BCUT2D eigenvalue weighted by molar-refractivity contribution is 6.30. The topological polar surface area (TPSA) is 72.0 Å². The molecule has 0 fully saturated rings. The third kappa shape index (κ3) is 3.86. The van der Waals surface area contributed by atoms with Crippen LogP contribution in [0.1, 0.15) is 5.76 Å². The molecule has 0 radical (unpaired) electrons. The van der Waals surface area contributed by atoms with Crippen LogP contribution in [-0.4, -0.2) is 23.9 Å². The number of hydrogen-bond donors (Lipinski definition) is 1. The quantitative estimate of drug-likeness (QED) is 0.674. The minimum Gasteiger partial charge on any atom is -0.479 e. The summed E-state index contributed by atoms with van der Waals surface area (Å²) in [7, 11) is 0. The van der Waals surface area contributed by atoms with E-state index in [1.54, 1.807) is 24.3 Å². The number of nitrogens with zero attached hydrogens (tertiary/aromatic N) is 1. The number of carboxylic acids is 1. The molecule has 2 rings (SSSR count). The van der Waals surface area contributed by atoms with Gasteiger partial charge in [0.25, 0.3) is 0 Å². The van der Waals surface area contributed by atoms with Crippen molar-refractivity contribution in [2.75, 3.05) is 6.61 Å². The van der Waals surface area contributed by atoms with Crippen molar-refractivity contribution in [3.8, 4) is 11.3 Å². The number of oxime groups is 1. The lowest BCUT2D eigenvalue weighted by Crippen LogP contribution is -2.03. The Kier molecular flexibility index (Phi) is 4.20. The van der Waals surface area contributed by atoms with Gasteiger partial charge in [-0.1, -0.05) is 16.8 Å². The molecule has 0 aliphatic heterocycles. The lowest BCUT2D eigenvalue weighted by Gasteiger charge is -1.96. The Balaban J connectivity index is 2.02. The van der Waals surface area contributed by atoms with Crippen molar-refractivity contribution in [1.82, 2.24) is 0 Å². The van der Waals surface area contributed by atoms with Crippen molar-refractivity contribution in [2.24, 2.45) is 5.16 Å². The van der Waals surface area contributed by atoms with E-state index in [1.165, 1.54) is 6.21 Å². The second-order valence-corrected chi connectivity index (χ2v) is 4.05. The van der Waals surface area contributed by atoms with E-state index in [9.17, 15) is 4.79 Å². The normalized spacial score (nSPS) is 10.8. The van der Waals surface area contributed by atoms with E-state index in [-0.39, 0.29) is 0 Å². The Bertz CT molecular complexity index is 589. The average molecular weight is 280 g/mol. The maximum Gasteiger partial charge on any atom is 0.344 e. The van der Waals surface area contributed by atoms with Crippen LogP contribution in [0.4, 0.5) is 0 Å². The molecule has 0 atom stereocenters. The molecule has 0 saturated heterocycles. The van der Waals surface area contributed by atoms with Crippen LogP contribution in [0.3, 0.4) is 0 Å². The van der Waals surface area contributed by atoms with Gasteiger partial charge in [-0.15, -0.1) is 0 Å². The molecule has 0 saturated carbocycles. The summed E-state index contributed by atoms with van der Waals surface area (Å²) in [6, 6.07) is 10.7. The first-order valence-electron chi connectivity index (χ1n) is 5.38. The summed E-state index contributed by atoms with van der Waals surface area (Å²) in [6.45, 7) is -0.485. The van der Waals surface area contributed by atoms with Crippen LogP contribution in [0.2, 0.25) is 5.02 Å². The molecule has 0 bridgehead atoms. The van der Waals surface area contributed by atoms with Crippen LogP contribution in [0.15, 0.2) is 46.0 Å². The molecule has 98 valence electrons. The highest BCUT2D eigenvalue weighted by atomic mass is 35.5. The molecular formula is C13H10ClNO4. The molecule has 6 heteroatoms. The standard InChI is InChI=1S/C13H10ClNO4/c14-10-3-1-9(2-4-10)12-6-5-11(19-12)7-15-18-8-13(16)17/h1-7H,8H2,(H,16,17)/b15-7+. The molecule has 19 heavy (non-hydrogen) atoms. The first-order chi connectivity index (χ1) is 9.15. The van der Waals surface area contributed by atoms with E-state index in [1.807, 2.05) is 12.1 Å². The summed E-state index contributed by atoms with van der Waals surface area (Å²) in [5, 5.41) is 12.5. The van der Waals surface area contributed by atoms with Gasteiger partial charge in [-0.2, -0.15) is 0 Å². The number of halogens is 1. The van der Waals surface area contributed by atoms with Crippen molar-refractivity contribution < 1.29 is 19.2 Å².